The summed E-state index contributed by atoms with van der Waals surface area (Å²) in [5, 5.41) is 10.1. The summed E-state index contributed by atoms with van der Waals surface area (Å²) in [6.07, 6.45) is 0. The molecule has 2 N–H and O–H groups in total. The van der Waals surface area contributed by atoms with E-state index in [-0.39, 0.29) is 5.69 Å². The SMILES string of the molecule is O=C(O)c1cc2ccc(I)c(Cl)c2[nH]1. The zero-order chi connectivity index (χ0) is 10.3. The molecular formula is C9H5ClINO2. The number of nitrogens with one attached hydrogen (secondary N) is 1. The molecule has 0 saturated carbocycles. The largest absolute Gasteiger partial charge is 0.477 e. The normalized spacial score (nSPS) is 10.7. The number of aromatic amines is 1. The van der Waals surface area contributed by atoms with E-state index >= 15 is 0 Å². The average Bonchev–Trinajstić information content (AvgIpc) is 2.56. The minimum atomic E-state index is -0.979. The zero-order valence-electron chi connectivity index (χ0n) is 6.84. The first-order chi connectivity index (χ1) is 6.59. The number of carbonyl (C=O) groups is 1. The Bertz CT molecular complexity index is 521. The molecule has 1 aromatic heterocycles. The zero-order valence-corrected chi connectivity index (χ0v) is 9.76. The van der Waals surface area contributed by atoms with Crippen molar-refractivity contribution < 1.29 is 9.90 Å². The van der Waals surface area contributed by atoms with E-state index in [2.05, 4.69) is 27.6 Å². The number of carboxylic acids is 1. The number of hydrogen-bond acceptors (Lipinski definition) is 1. The van der Waals surface area contributed by atoms with E-state index in [1.54, 1.807) is 6.07 Å². The summed E-state index contributed by atoms with van der Waals surface area (Å²) in [4.78, 5) is 13.5. The molecule has 2 aromatic rings. The summed E-state index contributed by atoms with van der Waals surface area (Å²) in [5.74, 6) is -0.979. The van der Waals surface area contributed by atoms with Crippen LogP contribution in [0.25, 0.3) is 10.9 Å². The molecule has 0 amide bonds. The lowest BCUT2D eigenvalue weighted by Crippen LogP contribution is -1.94. The van der Waals surface area contributed by atoms with Gasteiger partial charge in [-0.05, 0) is 34.7 Å². The molecule has 0 spiro atoms. The minimum absolute atomic E-state index is 0.156. The first kappa shape index (κ1) is 9.79. The molecule has 0 fully saturated rings. The van der Waals surface area contributed by atoms with Crippen LogP contribution in [0.5, 0.6) is 0 Å². The molecule has 1 heterocycles. The molecule has 0 radical (unpaired) electrons. The molecule has 0 bridgehead atoms. The third-order valence-electron chi connectivity index (χ3n) is 1.92. The summed E-state index contributed by atoms with van der Waals surface area (Å²) in [6.45, 7) is 0. The van der Waals surface area contributed by atoms with Gasteiger partial charge in [-0.25, -0.2) is 4.79 Å². The number of fused-ring (bicyclic) bond motifs is 1. The van der Waals surface area contributed by atoms with Crippen LogP contribution in [0, 0.1) is 3.57 Å². The van der Waals surface area contributed by atoms with Gasteiger partial charge in [-0.1, -0.05) is 17.7 Å². The highest BCUT2D eigenvalue weighted by atomic mass is 127. The number of aromatic nitrogens is 1. The lowest BCUT2D eigenvalue weighted by Gasteiger charge is -1.96. The average molecular weight is 322 g/mol. The lowest BCUT2D eigenvalue weighted by atomic mass is 10.2. The number of hydrogen-bond donors (Lipinski definition) is 2. The molecule has 0 aliphatic rings. The van der Waals surface area contributed by atoms with Gasteiger partial charge in [0.05, 0.1) is 10.5 Å². The molecule has 0 atom stereocenters. The first-order valence-electron chi connectivity index (χ1n) is 3.79. The minimum Gasteiger partial charge on any atom is -0.477 e. The molecule has 0 aliphatic heterocycles. The van der Waals surface area contributed by atoms with Gasteiger partial charge in [-0.2, -0.15) is 0 Å². The highest BCUT2D eigenvalue weighted by Gasteiger charge is 2.10. The Hall–Kier alpha value is -0.750. The highest BCUT2D eigenvalue weighted by Crippen LogP contribution is 2.28. The van der Waals surface area contributed by atoms with Crippen molar-refractivity contribution in [2.45, 2.75) is 0 Å². The first-order valence-corrected chi connectivity index (χ1v) is 5.25. The van der Waals surface area contributed by atoms with E-state index in [1.165, 1.54) is 0 Å². The van der Waals surface area contributed by atoms with Gasteiger partial charge in [0, 0.05) is 8.96 Å². The van der Waals surface area contributed by atoms with Gasteiger partial charge in [-0.3, -0.25) is 0 Å². The van der Waals surface area contributed by atoms with Crippen molar-refractivity contribution in [1.29, 1.82) is 0 Å². The maximum atomic E-state index is 10.7. The van der Waals surface area contributed by atoms with Gasteiger partial charge in [0.1, 0.15) is 5.69 Å². The van der Waals surface area contributed by atoms with Crippen molar-refractivity contribution in [2.24, 2.45) is 0 Å². The van der Waals surface area contributed by atoms with Crippen LogP contribution in [0.1, 0.15) is 10.5 Å². The van der Waals surface area contributed by atoms with Crippen LogP contribution < -0.4 is 0 Å². The van der Waals surface area contributed by atoms with Crippen molar-refractivity contribution in [3.8, 4) is 0 Å². The molecule has 1 aromatic carbocycles. The Labute approximate surface area is 98.2 Å². The quantitative estimate of drug-likeness (QED) is 0.793. The fraction of sp³-hybridized carbons (Fsp3) is 0. The Kier molecular flexibility index (Phi) is 2.40. The topological polar surface area (TPSA) is 53.1 Å². The van der Waals surface area contributed by atoms with Gasteiger partial charge in [0.15, 0.2) is 0 Å². The predicted molar refractivity (Wildman–Crippen MR) is 63.0 cm³/mol. The maximum absolute atomic E-state index is 10.7. The monoisotopic (exact) mass is 321 g/mol. The third kappa shape index (κ3) is 1.48. The lowest BCUT2D eigenvalue weighted by molar-refractivity contribution is 0.0691. The fourth-order valence-corrected chi connectivity index (χ4v) is 1.92. The summed E-state index contributed by atoms with van der Waals surface area (Å²) < 4.78 is 0.899. The molecule has 0 aliphatic carbocycles. The van der Waals surface area contributed by atoms with Crippen molar-refractivity contribution in [1.82, 2.24) is 4.98 Å². The van der Waals surface area contributed by atoms with E-state index in [0.717, 1.165) is 8.96 Å². The van der Waals surface area contributed by atoms with Crippen molar-refractivity contribution >= 4 is 51.1 Å². The number of H-pyrrole nitrogens is 1. The van der Waals surface area contributed by atoms with Crippen molar-refractivity contribution in [3.05, 3.63) is 32.5 Å². The number of carboxylic acid groups (broad SMARTS) is 1. The summed E-state index contributed by atoms with van der Waals surface area (Å²) in [5.41, 5.74) is 0.833. The number of halogens is 2. The molecule has 14 heavy (non-hydrogen) atoms. The second-order valence-corrected chi connectivity index (χ2v) is 4.35. The number of aromatic carboxylic acids is 1. The summed E-state index contributed by atoms with van der Waals surface area (Å²) >= 11 is 8.11. The van der Waals surface area contributed by atoms with Gasteiger partial charge in [0.2, 0.25) is 0 Å². The Morgan fingerprint density at radius 2 is 2.21 bits per heavy atom. The van der Waals surface area contributed by atoms with E-state index < -0.39 is 5.97 Å². The molecule has 5 heteroatoms. The number of rotatable bonds is 1. The second-order valence-electron chi connectivity index (χ2n) is 2.81. The van der Waals surface area contributed by atoms with Crippen molar-refractivity contribution in [2.75, 3.05) is 0 Å². The van der Waals surface area contributed by atoms with Crippen molar-refractivity contribution in [3.63, 3.8) is 0 Å². The van der Waals surface area contributed by atoms with E-state index in [4.69, 9.17) is 16.7 Å². The third-order valence-corrected chi connectivity index (χ3v) is 3.53. The highest BCUT2D eigenvalue weighted by molar-refractivity contribution is 14.1. The van der Waals surface area contributed by atoms with Crippen LogP contribution in [-0.4, -0.2) is 16.1 Å². The van der Waals surface area contributed by atoms with Gasteiger partial charge >= 0.3 is 5.97 Å². The Morgan fingerprint density at radius 1 is 1.50 bits per heavy atom. The smallest absolute Gasteiger partial charge is 0.352 e. The number of benzene rings is 1. The molecular weight excluding hydrogens is 316 g/mol. The molecule has 72 valence electrons. The van der Waals surface area contributed by atoms with E-state index in [0.29, 0.717) is 10.5 Å². The van der Waals surface area contributed by atoms with E-state index in [1.807, 2.05) is 12.1 Å². The Balaban J connectivity index is 2.77. The summed E-state index contributed by atoms with van der Waals surface area (Å²) in [7, 11) is 0. The van der Waals surface area contributed by atoms with Crippen LogP contribution in [0.3, 0.4) is 0 Å². The molecule has 3 nitrogen and oxygen atoms in total. The van der Waals surface area contributed by atoms with Crippen LogP contribution in [0.4, 0.5) is 0 Å². The Morgan fingerprint density at radius 3 is 2.86 bits per heavy atom. The molecule has 0 unspecified atom stereocenters. The van der Waals surface area contributed by atoms with Crippen LogP contribution in [0.2, 0.25) is 5.02 Å². The standard InChI is InChI=1S/C9H5ClINO2/c10-7-5(11)2-1-4-3-6(9(13)14)12-8(4)7/h1-3,12H,(H,13,14). The van der Waals surface area contributed by atoms with Gasteiger partial charge < -0.3 is 10.1 Å². The van der Waals surface area contributed by atoms with Crippen LogP contribution >= 0.6 is 34.2 Å². The van der Waals surface area contributed by atoms with E-state index in [9.17, 15) is 4.79 Å². The second kappa shape index (κ2) is 3.43. The molecule has 2 rings (SSSR count). The predicted octanol–water partition coefficient (Wildman–Crippen LogP) is 3.12. The van der Waals surface area contributed by atoms with Crippen LogP contribution in [-0.2, 0) is 0 Å². The van der Waals surface area contributed by atoms with Crippen LogP contribution in [0.15, 0.2) is 18.2 Å². The maximum Gasteiger partial charge on any atom is 0.352 e. The summed E-state index contributed by atoms with van der Waals surface area (Å²) in [6, 6.07) is 5.26. The fourth-order valence-electron chi connectivity index (χ4n) is 1.25. The van der Waals surface area contributed by atoms with Gasteiger partial charge in [-0.15, -0.1) is 0 Å². The van der Waals surface area contributed by atoms with Gasteiger partial charge in [0.25, 0.3) is 0 Å². The molecule has 0 saturated heterocycles.